The van der Waals surface area contributed by atoms with Crippen molar-refractivity contribution in [3.8, 4) is 0 Å². The summed E-state index contributed by atoms with van der Waals surface area (Å²) >= 11 is 5.80. The minimum absolute atomic E-state index is 0.0756. The van der Waals surface area contributed by atoms with Gasteiger partial charge in [0.1, 0.15) is 6.17 Å². The quantitative estimate of drug-likeness (QED) is 0.874. The predicted molar refractivity (Wildman–Crippen MR) is 85.2 cm³/mol. The Balaban J connectivity index is 1.52. The molecule has 2 aliphatic rings. The van der Waals surface area contributed by atoms with E-state index in [9.17, 15) is 14.0 Å². The fourth-order valence-electron chi connectivity index (χ4n) is 3.04. The van der Waals surface area contributed by atoms with Crippen molar-refractivity contribution in [2.75, 3.05) is 19.6 Å². The van der Waals surface area contributed by atoms with Crippen molar-refractivity contribution in [2.24, 2.45) is 0 Å². The van der Waals surface area contributed by atoms with Gasteiger partial charge in [0.15, 0.2) is 0 Å². The van der Waals surface area contributed by atoms with Gasteiger partial charge in [-0.1, -0.05) is 11.6 Å². The first-order valence-corrected chi connectivity index (χ1v) is 8.13. The third kappa shape index (κ3) is 3.82. The molecule has 7 heteroatoms. The Bertz CT molecular complexity index is 595. The van der Waals surface area contributed by atoms with Crippen molar-refractivity contribution in [1.29, 1.82) is 0 Å². The van der Waals surface area contributed by atoms with Crippen LogP contribution in [0.15, 0.2) is 24.3 Å². The van der Waals surface area contributed by atoms with Crippen LogP contribution in [0, 0.1) is 0 Å². The summed E-state index contributed by atoms with van der Waals surface area (Å²) in [6, 6.07) is 6.18. The molecule has 2 fully saturated rings. The van der Waals surface area contributed by atoms with E-state index in [1.165, 1.54) is 0 Å². The Morgan fingerprint density at radius 2 is 2.04 bits per heavy atom. The summed E-state index contributed by atoms with van der Waals surface area (Å²) in [5.41, 5.74) is 0.531. The second-order valence-electron chi connectivity index (χ2n) is 6.04. The minimum atomic E-state index is -0.916. The zero-order valence-corrected chi connectivity index (χ0v) is 13.4. The molecular weight excluding hydrogens is 321 g/mol. The molecule has 0 aromatic heterocycles. The molecule has 2 heterocycles. The average molecular weight is 340 g/mol. The number of nitrogens with one attached hydrogen (secondary N) is 2. The molecule has 0 spiro atoms. The first kappa shape index (κ1) is 16.2. The van der Waals surface area contributed by atoms with Crippen molar-refractivity contribution < 1.29 is 14.0 Å². The van der Waals surface area contributed by atoms with E-state index < -0.39 is 6.17 Å². The fraction of sp³-hybridized carbons (Fsp3) is 0.500. The van der Waals surface area contributed by atoms with Gasteiger partial charge in [-0.2, -0.15) is 0 Å². The van der Waals surface area contributed by atoms with Crippen molar-refractivity contribution in [1.82, 2.24) is 15.5 Å². The van der Waals surface area contributed by atoms with Crippen molar-refractivity contribution >= 4 is 23.4 Å². The lowest BCUT2D eigenvalue weighted by Crippen LogP contribution is -2.42. The van der Waals surface area contributed by atoms with E-state index in [1.54, 1.807) is 29.2 Å². The molecule has 3 atom stereocenters. The standard InChI is InChI=1S/C16H19ClFN3O2/c17-11-3-1-10(2-4-11)15(22)20-13-7-14(19-8-13)16(23)21-6-5-12(18)9-21/h1-4,12-14,19H,5-9H2,(H,20,22)/t12?,13-,14-/m0/s1. The van der Waals surface area contributed by atoms with Crippen LogP contribution in [0.5, 0.6) is 0 Å². The topological polar surface area (TPSA) is 61.4 Å². The highest BCUT2D eigenvalue weighted by atomic mass is 35.5. The summed E-state index contributed by atoms with van der Waals surface area (Å²) in [5, 5.41) is 6.60. The number of alkyl halides is 1. The number of amides is 2. The second kappa shape index (κ2) is 6.84. The van der Waals surface area contributed by atoms with Gasteiger partial charge in [0.2, 0.25) is 5.91 Å². The first-order chi connectivity index (χ1) is 11.0. The molecule has 1 aromatic rings. The fourth-order valence-corrected chi connectivity index (χ4v) is 3.17. The van der Waals surface area contributed by atoms with Crippen molar-refractivity contribution in [2.45, 2.75) is 31.1 Å². The van der Waals surface area contributed by atoms with Crippen LogP contribution in [0.1, 0.15) is 23.2 Å². The van der Waals surface area contributed by atoms with Gasteiger partial charge in [-0.25, -0.2) is 4.39 Å². The summed E-state index contributed by atoms with van der Waals surface area (Å²) < 4.78 is 13.2. The highest BCUT2D eigenvalue weighted by Gasteiger charge is 2.35. The molecule has 2 amide bonds. The molecular formula is C16H19ClFN3O2. The maximum absolute atomic E-state index is 13.2. The Kier molecular flexibility index (Phi) is 4.82. The minimum Gasteiger partial charge on any atom is -0.348 e. The molecule has 124 valence electrons. The van der Waals surface area contributed by atoms with Crippen molar-refractivity contribution in [3.05, 3.63) is 34.9 Å². The van der Waals surface area contributed by atoms with E-state index >= 15 is 0 Å². The zero-order chi connectivity index (χ0) is 16.4. The van der Waals surface area contributed by atoms with Crippen LogP contribution in [-0.2, 0) is 4.79 Å². The molecule has 0 aliphatic carbocycles. The van der Waals surface area contributed by atoms with Crippen LogP contribution in [-0.4, -0.2) is 54.6 Å². The third-order valence-electron chi connectivity index (χ3n) is 4.31. The van der Waals surface area contributed by atoms with Crippen molar-refractivity contribution in [3.63, 3.8) is 0 Å². The molecule has 2 aliphatic heterocycles. The van der Waals surface area contributed by atoms with E-state index in [1.807, 2.05) is 0 Å². The number of benzene rings is 1. The monoisotopic (exact) mass is 339 g/mol. The van der Waals surface area contributed by atoms with Crippen LogP contribution in [0.3, 0.4) is 0 Å². The number of halogens is 2. The maximum Gasteiger partial charge on any atom is 0.251 e. The van der Waals surface area contributed by atoms with E-state index in [-0.39, 0.29) is 30.4 Å². The lowest BCUT2D eigenvalue weighted by molar-refractivity contribution is -0.132. The zero-order valence-electron chi connectivity index (χ0n) is 12.6. The number of carbonyl (C=O) groups excluding carboxylic acids is 2. The molecule has 0 bridgehead atoms. The molecule has 5 nitrogen and oxygen atoms in total. The summed E-state index contributed by atoms with van der Waals surface area (Å²) in [6.45, 7) is 1.18. The van der Waals surface area contributed by atoms with Crippen LogP contribution in [0.4, 0.5) is 4.39 Å². The largest absolute Gasteiger partial charge is 0.348 e. The molecule has 2 N–H and O–H groups in total. The summed E-state index contributed by atoms with van der Waals surface area (Å²) in [5.74, 6) is -0.264. The van der Waals surface area contributed by atoms with Crippen LogP contribution in [0.2, 0.25) is 5.02 Å². The van der Waals surface area contributed by atoms with Gasteiger partial charge >= 0.3 is 0 Å². The first-order valence-electron chi connectivity index (χ1n) is 7.75. The Morgan fingerprint density at radius 3 is 2.70 bits per heavy atom. The van der Waals surface area contributed by atoms with Gasteiger partial charge < -0.3 is 15.5 Å². The number of hydrogen-bond donors (Lipinski definition) is 2. The summed E-state index contributed by atoms with van der Waals surface area (Å²) in [7, 11) is 0. The summed E-state index contributed by atoms with van der Waals surface area (Å²) in [4.78, 5) is 26.0. The van der Waals surface area contributed by atoms with E-state index in [0.717, 1.165) is 0 Å². The van der Waals surface area contributed by atoms with E-state index in [2.05, 4.69) is 10.6 Å². The lowest BCUT2D eigenvalue weighted by Gasteiger charge is -2.20. The predicted octanol–water partition coefficient (Wildman–Crippen LogP) is 1.37. The molecule has 0 saturated carbocycles. The van der Waals surface area contributed by atoms with E-state index in [0.29, 0.717) is 36.5 Å². The number of likely N-dealkylation sites (tertiary alicyclic amines) is 1. The molecule has 1 unspecified atom stereocenters. The Labute approximate surface area is 139 Å². The van der Waals surface area contributed by atoms with Gasteiger partial charge in [0, 0.05) is 29.7 Å². The van der Waals surface area contributed by atoms with E-state index in [4.69, 9.17) is 11.6 Å². The molecule has 23 heavy (non-hydrogen) atoms. The maximum atomic E-state index is 13.2. The van der Waals surface area contributed by atoms with Crippen LogP contribution in [0.25, 0.3) is 0 Å². The highest BCUT2D eigenvalue weighted by Crippen LogP contribution is 2.17. The van der Waals surface area contributed by atoms with Gasteiger partial charge in [-0.15, -0.1) is 0 Å². The van der Waals surface area contributed by atoms with Gasteiger partial charge in [-0.3, -0.25) is 9.59 Å². The highest BCUT2D eigenvalue weighted by molar-refractivity contribution is 6.30. The number of carbonyl (C=O) groups is 2. The smallest absolute Gasteiger partial charge is 0.251 e. The van der Waals surface area contributed by atoms with Gasteiger partial charge in [-0.05, 0) is 37.1 Å². The number of hydrogen-bond acceptors (Lipinski definition) is 3. The third-order valence-corrected chi connectivity index (χ3v) is 4.56. The molecule has 3 rings (SSSR count). The Morgan fingerprint density at radius 1 is 1.30 bits per heavy atom. The normalized spacial score (nSPS) is 27.2. The molecule has 0 radical (unpaired) electrons. The lowest BCUT2D eigenvalue weighted by atomic mass is 10.1. The summed E-state index contributed by atoms with van der Waals surface area (Å²) in [6.07, 6.45) is 0.0154. The Hall–Kier alpha value is -1.66. The number of rotatable bonds is 3. The van der Waals surface area contributed by atoms with Gasteiger partial charge in [0.05, 0.1) is 12.6 Å². The second-order valence-corrected chi connectivity index (χ2v) is 6.48. The van der Waals surface area contributed by atoms with Crippen LogP contribution >= 0.6 is 11.6 Å². The molecule has 1 aromatic carbocycles. The van der Waals surface area contributed by atoms with Crippen LogP contribution < -0.4 is 10.6 Å². The SMILES string of the molecule is O=C(N[C@@H]1CN[C@H](C(=O)N2CCC(F)C2)C1)c1ccc(Cl)cc1. The number of nitrogens with zero attached hydrogens (tertiary/aromatic N) is 1. The average Bonchev–Trinajstić information content (AvgIpc) is 3.16. The van der Waals surface area contributed by atoms with Gasteiger partial charge in [0.25, 0.3) is 5.91 Å². The molecule has 2 saturated heterocycles.